The summed E-state index contributed by atoms with van der Waals surface area (Å²) in [6.07, 6.45) is 0. The van der Waals surface area contributed by atoms with E-state index in [0.717, 1.165) is 78.5 Å². The first kappa shape index (κ1) is 61.9. The lowest BCUT2D eigenvalue weighted by Gasteiger charge is -2.12. The van der Waals surface area contributed by atoms with E-state index in [1.807, 2.05) is 166 Å². The standard InChI is InChI=1S/C17H16BNO2.2C16H15BN2O2.C16H14BNO3.CH4/c1-11-8-17(12(2)7-16(11)19-4)21-14-5-6-15-13(9-14)10-20-18(15)3;1-10-7-15(19-11(2)16(10)18-4)21-13-5-6-14-12(8-13)9-20-17(14)3;1-10-7-15(18-4)11(2)19-16(10)21-13-5-6-14-12(8-13)9-20-17(14)3;1-10-6-14(7-11(2)16(10)18-3)21-13-4-5-15-12(8-13)9-20-17(15)19;/h5-9H,10H2,1-3H3;2*5-8H,9H2,1-3H3;4-8,19H,9H2,1-2H3;1H4. The molecule has 15 nitrogen and oxygen atoms in total. The summed E-state index contributed by atoms with van der Waals surface area (Å²) in [4.78, 5) is 22.7. The highest BCUT2D eigenvalue weighted by molar-refractivity contribution is 6.68. The second-order valence-electron chi connectivity index (χ2n) is 21.1. The predicted octanol–water partition coefficient (Wildman–Crippen LogP) is 14.3. The Kier molecular flexibility index (Phi) is 19.7. The maximum atomic E-state index is 9.60. The second-order valence-corrected chi connectivity index (χ2v) is 21.1. The smallest absolute Gasteiger partial charge is 0.457 e. The van der Waals surface area contributed by atoms with Gasteiger partial charge >= 0.3 is 27.9 Å². The van der Waals surface area contributed by atoms with E-state index < -0.39 is 7.12 Å². The van der Waals surface area contributed by atoms with Gasteiger partial charge in [0.15, 0.2) is 11.4 Å². The monoisotopic (exact) mass is 1130 g/mol. The van der Waals surface area contributed by atoms with Crippen molar-refractivity contribution < 1.29 is 42.6 Å². The van der Waals surface area contributed by atoms with E-state index >= 15 is 0 Å². The summed E-state index contributed by atoms with van der Waals surface area (Å²) in [7, 11) is -0.837. The van der Waals surface area contributed by atoms with Crippen molar-refractivity contribution in [3.05, 3.63) is 222 Å². The number of hydrogen-bond acceptors (Lipinski definition) is 11. The predicted molar refractivity (Wildman–Crippen MR) is 338 cm³/mol. The number of fused-ring (bicyclic) bond motifs is 4. The summed E-state index contributed by atoms with van der Waals surface area (Å²) in [6, 6.07) is 34.6. The molecule has 0 spiro atoms. The molecule has 0 unspecified atom stereocenters. The Balaban J connectivity index is 0.000000147. The molecule has 1 N–H and O–H groups in total. The fraction of sp³-hybridized carbons (Fsp3) is 0.242. The van der Waals surface area contributed by atoms with Crippen LogP contribution in [0.25, 0.3) is 19.4 Å². The maximum absolute atomic E-state index is 9.60. The average molecular weight is 1130 g/mol. The first-order valence-corrected chi connectivity index (χ1v) is 27.4. The Morgan fingerprint density at radius 1 is 0.412 bits per heavy atom. The van der Waals surface area contributed by atoms with Gasteiger partial charge in [0, 0.05) is 17.0 Å². The lowest BCUT2D eigenvalue weighted by molar-refractivity contribution is 0.275. The van der Waals surface area contributed by atoms with Crippen molar-refractivity contribution in [1.82, 2.24) is 9.97 Å². The van der Waals surface area contributed by atoms with Crippen LogP contribution >= 0.6 is 0 Å². The largest absolute Gasteiger partial charge is 0.491 e. The molecule has 6 aromatic carbocycles. The van der Waals surface area contributed by atoms with Crippen LogP contribution in [0.5, 0.6) is 46.3 Å². The van der Waals surface area contributed by atoms with Gasteiger partial charge in [0.05, 0.1) is 52.7 Å². The molecular weight excluding hydrogens is 1060 g/mol. The zero-order valence-corrected chi connectivity index (χ0v) is 48.9. The van der Waals surface area contributed by atoms with Gasteiger partial charge in [-0.25, -0.2) is 29.3 Å². The molecule has 4 aliphatic rings. The van der Waals surface area contributed by atoms with Crippen LogP contribution in [0.3, 0.4) is 0 Å². The number of benzene rings is 6. The Labute approximate surface area is 500 Å². The molecule has 2 aromatic heterocycles. The van der Waals surface area contributed by atoms with E-state index in [1.54, 1.807) is 6.07 Å². The normalized spacial score (nSPS) is 12.8. The molecule has 0 radical (unpaired) electrons. The molecule has 0 saturated carbocycles. The van der Waals surface area contributed by atoms with E-state index in [2.05, 4.69) is 42.2 Å². The van der Waals surface area contributed by atoms with Crippen LogP contribution in [0, 0.1) is 81.7 Å². The Morgan fingerprint density at radius 3 is 1.36 bits per heavy atom. The van der Waals surface area contributed by atoms with Crippen molar-refractivity contribution >= 4 is 72.5 Å². The number of ether oxygens (including phenoxy) is 4. The van der Waals surface area contributed by atoms with Crippen LogP contribution < -0.4 is 40.8 Å². The highest BCUT2D eigenvalue weighted by Gasteiger charge is 2.29. The molecule has 0 aliphatic carbocycles. The third-order valence-electron chi connectivity index (χ3n) is 14.9. The van der Waals surface area contributed by atoms with E-state index in [1.165, 1.54) is 22.0 Å². The fourth-order valence-corrected chi connectivity index (χ4v) is 10.2. The van der Waals surface area contributed by atoms with Gasteiger partial charge in [-0.2, -0.15) is 0 Å². The molecule has 0 fully saturated rings. The third-order valence-corrected chi connectivity index (χ3v) is 14.9. The van der Waals surface area contributed by atoms with Crippen LogP contribution in [0.2, 0.25) is 20.5 Å². The molecule has 19 heteroatoms. The second kappa shape index (κ2) is 27.0. The van der Waals surface area contributed by atoms with Gasteiger partial charge < -0.3 is 42.6 Å². The van der Waals surface area contributed by atoms with Gasteiger partial charge in [0.25, 0.3) is 0 Å². The lowest BCUT2D eigenvalue weighted by atomic mass is 9.64. The molecule has 424 valence electrons. The summed E-state index contributed by atoms with van der Waals surface area (Å²) in [5.74, 6) is 5.57. The summed E-state index contributed by atoms with van der Waals surface area (Å²) in [5.41, 5.74) is 18.2. The minimum Gasteiger partial charge on any atom is -0.457 e. The lowest BCUT2D eigenvalue weighted by Crippen LogP contribution is -2.27. The summed E-state index contributed by atoms with van der Waals surface area (Å²) in [5, 5.41) is 9.60. The molecule has 12 rings (SSSR count). The van der Waals surface area contributed by atoms with Crippen molar-refractivity contribution in [3.8, 4) is 46.3 Å². The Morgan fingerprint density at radius 2 is 0.859 bits per heavy atom. The molecule has 4 aliphatic heterocycles. The average Bonchev–Trinajstić information content (AvgIpc) is 4.43. The SMILES string of the molecule is C.[C-]#[N+]c1c(C)cc(Oc2ccc3c(c2)COB3C)nc1C.[C-]#[N+]c1c(C)cc(Oc2ccc3c(c2)COB3O)cc1C.[C-]#[N+]c1cc(C)c(Oc2ccc3c(c2)COB3C)cc1C.[C-]#[N+]c1cc(C)c(Oc2ccc3c(c2)COB3C)nc1C. The minimum atomic E-state index is -0.837. The van der Waals surface area contributed by atoms with Gasteiger partial charge in [0.2, 0.25) is 23.1 Å². The number of hydrogen-bond donors (Lipinski definition) is 1. The zero-order valence-electron chi connectivity index (χ0n) is 48.9. The van der Waals surface area contributed by atoms with Crippen molar-refractivity contribution in [2.75, 3.05) is 0 Å². The van der Waals surface area contributed by atoms with Gasteiger partial charge in [-0.15, -0.1) is 0 Å². The van der Waals surface area contributed by atoms with Crippen molar-refractivity contribution in [3.63, 3.8) is 0 Å². The zero-order chi connectivity index (χ0) is 59.9. The molecule has 0 atom stereocenters. The number of nitrogens with zero attached hydrogens (tertiary/aromatic N) is 6. The van der Waals surface area contributed by atoms with Crippen molar-refractivity contribution in [2.45, 2.75) is 110 Å². The summed E-state index contributed by atoms with van der Waals surface area (Å²) < 4.78 is 45.5. The van der Waals surface area contributed by atoms with Gasteiger partial charge in [-0.1, -0.05) is 52.2 Å². The fourth-order valence-electron chi connectivity index (χ4n) is 10.2. The number of rotatable bonds is 8. The molecule has 8 aromatic rings. The van der Waals surface area contributed by atoms with Gasteiger partial charge in [0.1, 0.15) is 34.5 Å². The molecular formula is C66H64B4N6O9. The van der Waals surface area contributed by atoms with Gasteiger partial charge in [-0.3, -0.25) is 0 Å². The Hall–Kier alpha value is -9.16. The maximum Gasteiger partial charge on any atom is 0.491 e. The first-order chi connectivity index (χ1) is 40.3. The Bertz CT molecular complexity index is 3740. The molecule has 0 saturated heterocycles. The molecule has 85 heavy (non-hydrogen) atoms. The van der Waals surface area contributed by atoms with Crippen LogP contribution in [0.15, 0.2) is 109 Å². The minimum absolute atomic E-state index is 0. The van der Waals surface area contributed by atoms with E-state index in [4.69, 9.17) is 63.9 Å². The van der Waals surface area contributed by atoms with Gasteiger partial charge in [-0.05, 0) is 212 Å². The number of pyridine rings is 2. The van der Waals surface area contributed by atoms with Crippen LogP contribution in [0.1, 0.15) is 74.4 Å². The van der Waals surface area contributed by atoms with E-state index in [0.29, 0.717) is 83.8 Å². The van der Waals surface area contributed by atoms with Crippen LogP contribution in [-0.4, -0.2) is 42.9 Å². The van der Waals surface area contributed by atoms with Crippen molar-refractivity contribution in [1.29, 1.82) is 0 Å². The van der Waals surface area contributed by atoms with E-state index in [9.17, 15) is 5.02 Å². The van der Waals surface area contributed by atoms with E-state index in [-0.39, 0.29) is 28.2 Å². The summed E-state index contributed by atoms with van der Waals surface area (Å²) in [6.45, 7) is 52.6. The highest BCUT2D eigenvalue weighted by Crippen LogP contribution is 2.35. The number of aromatic nitrogens is 2. The molecule has 0 bridgehead atoms. The molecule has 6 heterocycles. The first-order valence-electron chi connectivity index (χ1n) is 27.4. The van der Waals surface area contributed by atoms with Crippen LogP contribution in [-0.2, 0) is 45.0 Å². The number of aryl methyl sites for hydroxylation is 8. The quantitative estimate of drug-likeness (QED) is 0.115. The van der Waals surface area contributed by atoms with Crippen molar-refractivity contribution in [2.24, 2.45) is 0 Å². The summed E-state index contributed by atoms with van der Waals surface area (Å²) >= 11 is 0. The highest BCUT2D eigenvalue weighted by atomic mass is 16.5. The van der Waals surface area contributed by atoms with Crippen LogP contribution in [0.4, 0.5) is 22.7 Å². The molecule has 0 amide bonds. The topological polar surface area (TPSA) is 137 Å². The third kappa shape index (κ3) is 14.3.